The molecular formula is C8H16ClO3P. The average Bonchev–Trinajstić information content (AvgIpc) is 2.00. The van der Waals surface area contributed by atoms with Crippen molar-refractivity contribution < 1.29 is 13.6 Å². The molecule has 0 bridgehead atoms. The first-order chi connectivity index (χ1) is 5.98. The highest BCUT2D eigenvalue weighted by Crippen LogP contribution is 2.53. The molecule has 0 aliphatic heterocycles. The molecule has 0 spiro atoms. The third kappa shape index (κ3) is 8.51. The van der Waals surface area contributed by atoms with Gasteiger partial charge >= 0.3 is 6.95 Å². The first kappa shape index (κ1) is 13.2. The monoisotopic (exact) mass is 226 g/mol. The van der Waals surface area contributed by atoms with Crippen molar-refractivity contribution in [3.8, 4) is 0 Å². The van der Waals surface area contributed by atoms with Crippen molar-refractivity contribution in [2.24, 2.45) is 0 Å². The highest BCUT2D eigenvalue weighted by atomic mass is 35.7. The van der Waals surface area contributed by atoms with E-state index in [-0.39, 0.29) is 0 Å². The van der Waals surface area contributed by atoms with E-state index in [0.29, 0.717) is 19.6 Å². The van der Waals surface area contributed by atoms with Gasteiger partial charge in [-0.1, -0.05) is 12.5 Å². The minimum Gasteiger partial charge on any atom is -0.297 e. The second kappa shape index (κ2) is 6.61. The third-order valence-electron chi connectivity index (χ3n) is 1.22. The molecule has 0 aromatic rings. The van der Waals surface area contributed by atoms with E-state index in [1.807, 2.05) is 13.8 Å². The molecule has 0 amide bonds. The maximum Gasteiger partial charge on any atom is 0.424 e. The predicted octanol–water partition coefficient (Wildman–Crippen LogP) is 3.74. The predicted molar refractivity (Wildman–Crippen MR) is 55.1 cm³/mol. The molecule has 0 fully saturated rings. The van der Waals surface area contributed by atoms with Crippen LogP contribution in [0.15, 0.2) is 12.2 Å². The number of rotatable bonds is 7. The molecule has 0 saturated heterocycles. The van der Waals surface area contributed by atoms with Crippen LogP contribution >= 0.6 is 18.2 Å². The van der Waals surface area contributed by atoms with Crippen molar-refractivity contribution in [2.75, 3.05) is 13.2 Å². The summed E-state index contributed by atoms with van der Waals surface area (Å²) in [4.78, 5) is 0. The smallest absolute Gasteiger partial charge is 0.297 e. The highest BCUT2D eigenvalue weighted by molar-refractivity contribution is 7.81. The summed E-state index contributed by atoms with van der Waals surface area (Å²) in [6.07, 6.45) is 1.41. The van der Waals surface area contributed by atoms with Gasteiger partial charge in [0.1, 0.15) is 0 Å². The summed E-state index contributed by atoms with van der Waals surface area (Å²) >= 11 is 5.48. The Morgan fingerprint density at radius 1 is 1.46 bits per heavy atom. The van der Waals surface area contributed by atoms with Crippen LogP contribution in [0.1, 0.15) is 26.7 Å². The minimum absolute atomic E-state index is 0.291. The van der Waals surface area contributed by atoms with Gasteiger partial charge < -0.3 is 0 Å². The van der Waals surface area contributed by atoms with E-state index < -0.39 is 6.95 Å². The second-order valence-electron chi connectivity index (χ2n) is 2.80. The van der Waals surface area contributed by atoms with Gasteiger partial charge in [0.25, 0.3) is 0 Å². The Kier molecular flexibility index (Phi) is 6.70. The molecule has 13 heavy (non-hydrogen) atoms. The molecule has 0 aliphatic carbocycles. The molecule has 1 unspecified atom stereocenters. The lowest BCUT2D eigenvalue weighted by Gasteiger charge is -2.10. The average molecular weight is 227 g/mol. The Bertz CT molecular complexity index is 206. The number of hydrogen-bond acceptors (Lipinski definition) is 3. The van der Waals surface area contributed by atoms with Gasteiger partial charge in [0, 0.05) is 11.2 Å². The topological polar surface area (TPSA) is 35.5 Å². The van der Waals surface area contributed by atoms with Crippen LogP contribution in [-0.2, 0) is 13.6 Å². The molecule has 0 N–H and O–H groups in total. The second-order valence-corrected chi connectivity index (χ2v) is 5.42. The quantitative estimate of drug-likeness (QED) is 0.490. The van der Waals surface area contributed by atoms with E-state index in [1.165, 1.54) is 0 Å². The van der Waals surface area contributed by atoms with Crippen LogP contribution in [-0.4, -0.2) is 13.2 Å². The summed E-state index contributed by atoms with van der Waals surface area (Å²) < 4.78 is 21.0. The molecule has 0 aliphatic rings. The number of hydrogen-bond donors (Lipinski definition) is 0. The van der Waals surface area contributed by atoms with Gasteiger partial charge in [-0.2, -0.15) is 0 Å². The zero-order chi connectivity index (χ0) is 10.3. The van der Waals surface area contributed by atoms with Crippen molar-refractivity contribution >= 4 is 18.2 Å². The van der Waals surface area contributed by atoms with Crippen LogP contribution in [0.3, 0.4) is 0 Å². The fourth-order valence-corrected chi connectivity index (χ4v) is 1.77. The SMILES string of the molecule is C=C(C)CCOP(=O)(Cl)OCCC. The van der Waals surface area contributed by atoms with E-state index in [2.05, 4.69) is 6.58 Å². The molecule has 0 aromatic heterocycles. The summed E-state index contributed by atoms with van der Waals surface area (Å²) in [6, 6.07) is 0. The summed E-state index contributed by atoms with van der Waals surface area (Å²) in [6.45, 7) is 4.77. The highest BCUT2D eigenvalue weighted by Gasteiger charge is 2.19. The molecule has 78 valence electrons. The molecule has 0 aromatic carbocycles. The molecule has 3 nitrogen and oxygen atoms in total. The van der Waals surface area contributed by atoms with Gasteiger partial charge in [0.2, 0.25) is 0 Å². The first-order valence-electron chi connectivity index (χ1n) is 4.21. The lowest BCUT2D eigenvalue weighted by Crippen LogP contribution is -1.94. The Hall–Kier alpha value is 0.180. The number of halogens is 1. The fraction of sp³-hybridized carbons (Fsp3) is 0.750. The summed E-state index contributed by atoms with van der Waals surface area (Å²) in [5.74, 6) is 0. The molecule has 0 heterocycles. The van der Waals surface area contributed by atoms with Gasteiger partial charge in [-0.25, -0.2) is 4.57 Å². The van der Waals surface area contributed by atoms with E-state index in [1.54, 1.807) is 0 Å². The molecule has 1 atom stereocenters. The largest absolute Gasteiger partial charge is 0.424 e. The molecule has 0 radical (unpaired) electrons. The molecule has 5 heteroatoms. The summed E-state index contributed by atoms with van der Waals surface area (Å²) in [5.41, 5.74) is 0.965. The van der Waals surface area contributed by atoms with E-state index in [4.69, 9.17) is 20.3 Å². The third-order valence-corrected chi connectivity index (χ3v) is 2.79. The van der Waals surface area contributed by atoms with Crippen LogP contribution in [0.5, 0.6) is 0 Å². The molecule has 0 saturated carbocycles. The Morgan fingerprint density at radius 2 is 2.00 bits per heavy atom. The molecule has 0 rings (SSSR count). The van der Waals surface area contributed by atoms with Crippen LogP contribution in [0.4, 0.5) is 0 Å². The van der Waals surface area contributed by atoms with Crippen LogP contribution in [0.25, 0.3) is 0 Å². The van der Waals surface area contributed by atoms with Gasteiger partial charge in [0.05, 0.1) is 13.2 Å². The van der Waals surface area contributed by atoms with E-state index >= 15 is 0 Å². The van der Waals surface area contributed by atoms with Crippen molar-refractivity contribution in [2.45, 2.75) is 26.7 Å². The van der Waals surface area contributed by atoms with Gasteiger partial charge in [-0.05, 0) is 19.8 Å². The molecular weight excluding hydrogens is 211 g/mol. The van der Waals surface area contributed by atoms with Crippen molar-refractivity contribution in [3.63, 3.8) is 0 Å². The van der Waals surface area contributed by atoms with Crippen LogP contribution in [0.2, 0.25) is 0 Å². The Balaban J connectivity index is 3.63. The van der Waals surface area contributed by atoms with Gasteiger partial charge in [0.15, 0.2) is 0 Å². The van der Waals surface area contributed by atoms with Crippen molar-refractivity contribution in [1.29, 1.82) is 0 Å². The maximum absolute atomic E-state index is 11.2. The maximum atomic E-state index is 11.2. The standard InChI is InChI=1S/C8H16ClO3P/c1-4-6-11-13(9,10)12-7-5-8(2)3/h2,4-7H2,1,3H3. The summed E-state index contributed by atoms with van der Waals surface area (Å²) in [5, 5.41) is 0. The summed E-state index contributed by atoms with van der Waals surface area (Å²) in [7, 11) is 0. The lowest BCUT2D eigenvalue weighted by atomic mass is 10.3. The van der Waals surface area contributed by atoms with Crippen molar-refractivity contribution in [1.82, 2.24) is 0 Å². The van der Waals surface area contributed by atoms with E-state index in [9.17, 15) is 4.57 Å². The lowest BCUT2D eigenvalue weighted by molar-refractivity contribution is 0.220. The van der Waals surface area contributed by atoms with E-state index in [0.717, 1.165) is 12.0 Å². The Labute approximate surface area is 84.4 Å². The Morgan fingerprint density at radius 3 is 2.46 bits per heavy atom. The fourth-order valence-electron chi connectivity index (χ4n) is 0.567. The van der Waals surface area contributed by atoms with Crippen LogP contribution < -0.4 is 0 Å². The zero-order valence-corrected chi connectivity index (χ0v) is 9.74. The zero-order valence-electron chi connectivity index (χ0n) is 8.09. The van der Waals surface area contributed by atoms with Gasteiger partial charge in [-0.3, -0.25) is 9.05 Å². The van der Waals surface area contributed by atoms with Gasteiger partial charge in [-0.15, -0.1) is 6.58 Å². The first-order valence-corrected chi connectivity index (χ1v) is 6.66. The van der Waals surface area contributed by atoms with Crippen molar-refractivity contribution in [3.05, 3.63) is 12.2 Å². The van der Waals surface area contributed by atoms with Crippen LogP contribution in [0, 0.1) is 0 Å². The minimum atomic E-state index is -3.33. The normalized spacial score (nSPS) is 15.3.